The van der Waals surface area contributed by atoms with Crippen molar-refractivity contribution in [1.82, 2.24) is 9.88 Å². The minimum absolute atomic E-state index is 0.245. The van der Waals surface area contributed by atoms with Crippen molar-refractivity contribution in [3.8, 4) is 11.1 Å². The molecule has 10 heteroatoms. The lowest BCUT2D eigenvalue weighted by Gasteiger charge is -2.35. The lowest BCUT2D eigenvalue weighted by Crippen LogP contribution is -2.44. The first kappa shape index (κ1) is 23.5. The number of H-pyrrole nitrogens is 1. The molecule has 1 aliphatic heterocycles. The van der Waals surface area contributed by atoms with Gasteiger partial charge in [0, 0.05) is 44.0 Å². The third-order valence-corrected chi connectivity index (χ3v) is 5.75. The summed E-state index contributed by atoms with van der Waals surface area (Å²) in [7, 11) is 1.98. The van der Waals surface area contributed by atoms with Crippen LogP contribution >= 0.6 is 0 Å². The van der Waals surface area contributed by atoms with Crippen LogP contribution in [0.3, 0.4) is 0 Å². The number of carbonyl (C=O) groups is 1. The molecular formula is C24H22F4N4O2. The maximum absolute atomic E-state index is 14.4. The Kier molecular flexibility index (Phi) is 6.43. The predicted molar refractivity (Wildman–Crippen MR) is 122 cm³/mol. The number of hydrogen-bond donors (Lipinski definition) is 2. The minimum Gasteiger partial charge on any atom is -0.367 e. The van der Waals surface area contributed by atoms with Gasteiger partial charge < -0.3 is 20.1 Å². The van der Waals surface area contributed by atoms with Gasteiger partial charge in [0.25, 0.3) is 5.91 Å². The molecule has 0 spiro atoms. The molecule has 178 valence electrons. The second-order valence-corrected chi connectivity index (χ2v) is 8.08. The van der Waals surface area contributed by atoms with Crippen LogP contribution in [0.5, 0.6) is 0 Å². The number of halogens is 4. The number of hydrogen-bond acceptors (Lipinski definition) is 4. The van der Waals surface area contributed by atoms with E-state index in [1.165, 1.54) is 6.07 Å². The van der Waals surface area contributed by atoms with Gasteiger partial charge in [-0.1, -0.05) is 24.3 Å². The van der Waals surface area contributed by atoms with E-state index >= 15 is 0 Å². The number of nitrogens with zero attached hydrogens (tertiary/aromatic N) is 2. The van der Waals surface area contributed by atoms with Crippen LogP contribution in [0.25, 0.3) is 11.1 Å². The summed E-state index contributed by atoms with van der Waals surface area (Å²) in [6, 6.07) is 11.4. The Balaban J connectivity index is 1.76. The lowest BCUT2D eigenvalue weighted by molar-refractivity contribution is -0.138. The Labute approximate surface area is 192 Å². The van der Waals surface area contributed by atoms with E-state index in [0.717, 1.165) is 19.3 Å². The molecular weight excluding hydrogens is 452 g/mol. The number of alkyl halides is 3. The number of benzene rings is 2. The summed E-state index contributed by atoms with van der Waals surface area (Å²) in [5, 5.41) is 2.56. The summed E-state index contributed by atoms with van der Waals surface area (Å²) in [6.45, 7) is 2.82. The van der Waals surface area contributed by atoms with E-state index in [1.54, 1.807) is 36.4 Å². The summed E-state index contributed by atoms with van der Waals surface area (Å²) < 4.78 is 54.8. The van der Waals surface area contributed by atoms with Crippen molar-refractivity contribution < 1.29 is 22.4 Å². The second kappa shape index (κ2) is 9.30. The van der Waals surface area contributed by atoms with Gasteiger partial charge in [0.15, 0.2) is 0 Å². The minimum atomic E-state index is -4.89. The third-order valence-electron chi connectivity index (χ3n) is 5.75. The van der Waals surface area contributed by atoms with E-state index in [-0.39, 0.29) is 5.69 Å². The number of piperazine rings is 1. The largest absolute Gasteiger partial charge is 0.417 e. The van der Waals surface area contributed by atoms with Crippen molar-refractivity contribution in [2.24, 2.45) is 0 Å². The zero-order valence-electron chi connectivity index (χ0n) is 18.2. The molecule has 2 aromatic carbocycles. The number of rotatable bonds is 4. The van der Waals surface area contributed by atoms with Crippen molar-refractivity contribution in [2.75, 3.05) is 43.4 Å². The van der Waals surface area contributed by atoms with Gasteiger partial charge in [0.2, 0.25) is 5.56 Å². The van der Waals surface area contributed by atoms with E-state index in [0.29, 0.717) is 36.0 Å². The van der Waals surface area contributed by atoms with Gasteiger partial charge in [0.05, 0.1) is 22.5 Å². The van der Waals surface area contributed by atoms with E-state index in [4.69, 9.17) is 0 Å². The molecule has 0 unspecified atom stereocenters. The molecule has 1 amide bonds. The SMILES string of the molecule is CN1CCN(c2ccc(-c3ccccc3F)cc2NC(=O)c2c[nH]c(=O)cc2C(F)(F)F)CC1. The number of carbonyl (C=O) groups excluding carboxylic acids is 1. The van der Waals surface area contributed by atoms with Gasteiger partial charge in [0.1, 0.15) is 5.82 Å². The van der Waals surface area contributed by atoms with Gasteiger partial charge in [-0.15, -0.1) is 0 Å². The average Bonchev–Trinajstić information content (AvgIpc) is 2.79. The highest BCUT2D eigenvalue weighted by molar-refractivity contribution is 6.07. The number of likely N-dealkylation sites (N-methyl/N-ethyl adjacent to an activating group) is 1. The van der Waals surface area contributed by atoms with Crippen molar-refractivity contribution in [3.63, 3.8) is 0 Å². The van der Waals surface area contributed by atoms with Crippen LogP contribution in [-0.2, 0) is 6.18 Å². The van der Waals surface area contributed by atoms with E-state index in [1.807, 2.05) is 11.9 Å². The smallest absolute Gasteiger partial charge is 0.367 e. The molecule has 1 aromatic heterocycles. The Morgan fingerprint density at radius 1 is 1.03 bits per heavy atom. The first-order valence-corrected chi connectivity index (χ1v) is 10.6. The monoisotopic (exact) mass is 474 g/mol. The topological polar surface area (TPSA) is 68.4 Å². The fourth-order valence-electron chi connectivity index (χ4n) is 3.91. The zero-order chi connectivity index (χ0) is 24.5. The van der Waals surface area contributed by atoms with E-state index < -0.39 is 34.6 Å². The van der Waals surface area contributed by atoms with Gasteiger partial charge >= 0.3 is 6.18 Å². The summed E-state index contributed by atoms with van der Waals surface area (Å²) in [5.74, 6) is -1.50. The van der Waals surface area contributed by atoms with Gasteiger partial charge in [-0.2, -0.15) is 13.2 Å². The van der Waals surface area contributed by atoms with Crippen molar-refractivity contribution in [2.45, 2.75) is 6.18 Å². The molecule has 0 radical (unpaired) electrons. The molecule has 34 heavy (non-hydrogen) atoms. The Bertz CT molecular complexity index is 1260. The van der Waals surface area contributed by atoms with Gasteiger partial charge in [-0.3, -0.25) is 9.59 Å². The first-order valence-electron chi connectivity index (χ1n) is 10.6. The first-order chi connectivity index (χ1) is 16.1. The molecule has 0 bridgehead atoms. The fraction of sp³-hybridized carbons (Fsp3) is 0.250. The highest BCUT2D eigenvalue weighted by Crippen LogP contribution is 2.35. The van der Waals surface area contributed by atoms with Gasteiger partial charge in [-0.25, -0.2) is 4.39 Å². The number of anilines is 2. The highest BCUT2D eigenvalue weighted by Gasteiger charge is 2.36. The fourth-order valence-corrected chi connectivity index (χ4v) is 3.91. The highest BCUT2D eigenvalue weighted by atomic mass is 19.4. The second-order valence-electron chi connectivity index (χ2n) is 8.08. The maximum Gasteiger partial charge on any atom is 0.417 e. The molecule has 1 saturated heterocycles. The molecule has 6 nitrogen and oxygen atoms in total. The van der Waals surface area contributed by atoms with Crippen molar-refractivity contribution in [1.29, 1.82) is 0 Å². The quantitative estimate of drug-likeness (QED) is 0.556. The van der Waals surface area contributed by atoms with Crippen molar-refractivity contribution in [3.05, 3.63) is 82.0 Å². The summed E-state index contributed by atoms with van der Waals surface area (Å²) in [5.41, 5.74) is -1.41. The Hall–Kier alpha value is -3.66. The van der Waals surface area contributed by atoms with Crippen LogP contribution < -0.4 is 15.8 Å². The average molecular weight is 474 g/mol. The molecule has 0 aliphatic carbocycles. The Morgan fingerprint density at radius 2 is 1.74 bits per heavy atom. The van der Waals surface area contributed by atoms with E-state index in [9.17, 15) is 27.2 Å². The molecule has 4 rings (SSSR count). The summed E-state index contributed by atoms with van der Waals surface area (Å²) in [4.78, 5) is 30.7. The summed E-state index contributed by atoms with van der Waals surface area (Å²) >= 11 is 0. The van der Waals surface area contributed by atoms with E-state index in [2.05, 4.69) is 15.2 Å². The standard InChI is InChI=1S/C24H22F4N4O2/c1-31-8-10-32(11-9-31)21-7-6-15(16-4-2-3-5-19(16)25)12-20(21)30-23(34)17-14-29-22(33)13-18(17)24(26,27)28/h2-7,12-14H,8-11H2,1H3,(H,29,33)(H,30,34). The van der Waals surface area contributed by atoms with Crippen LogP contribution in [0.15, 0.2) is 59.5 Å². The zero-order valence-corrected chi connectivity index (χ0v) is 18.2. The summed E-state index contributed by atoms with van der Waals surface area (Å²) in [6.07, 6.45) is -4.15. The molecule has 2 N–H and O–H groups in total. The maximum atomic E-state index is 14.4. The van der Waals surface area contributed by atoms with Crippen LogP contribution in [-0.4, -0.2) is 49.0 Å². The number of aromatic nitrogens is 1. The number of aromatic amines is 1. The predicted octanol–water partition coefficient (Wildman–Crippen LogP) is 4.20. The van der Waals surface area contributed by atoms with Crippen LogP contribution in [0.4, 0.5) is 28.9 Å². The third kappa shape index (κ3) is 4.96. The molecule has 0 atom stereocenters. The van der Waals surface area contributed by atoms with Crippen molar-refractivity contribution >= 4 is 17.3 Å². The molecule has 1 aliphatic rings. The lowest BCUT2D eigenvalue weighted by atomic mass is 10.0. The van der Waals surface area contributed by atoms with Crippen LogP contribution in [0.2, 0.25) is 0 Å². The Morgan fingerprint density at radius 3 is 2.41 bits per heavy atom. The molecule has 2 heterocycles. The molecule has 0 saturated carbocycles. The van der Waals surface area contributed by atoms with Crippen LogP contribution in [0.1, 0.15) is 15.9 Å². The number of pyridine rings is 1. The normalized spacial score (nSPS) is 14.8. The van der Waals surface area contributed by atoms with Gasteiger partial charge in [-0.05, 0) is 30.8 Å². The number of nitrogens with one attached hydrogen (secondary N) is 2. The van der Waals surface area contributed by atoms with Crippen LogP contribution in [0, 0.1) is 5.82 Å². The molecule has 3 aromatic rings. The molecule has 1 fully saturated rings. The number of amides is 1.